The van der Waals surface area contributed by atoms with E-state index in [-0.39, 0.29) is 23.3 Å². The van der Waals surface area contributed by atoms with Crippen molar-refractivity contribution in [3.63, 3.8) is 0 Å². The first-order valence-electron chi connectivity index (χ1n) is 8.61. The van der Waals surface area contributed by atoms with Gasteiger partial charge in [-0.25, -0.2) is 8.42 Å². The first-order chi connectivity index (χ1) is 12.9. The zero-order valence-corrected chi connectivity index (χ0v) is 17.3. The quantitative estimate of drug-likeness (QED) is 0.734. The number of hydrogen-bond donors (Lipinski definition) is 1. The Morgan fingerprint density at radius 2 is 1.89 bits per heavy atom. The molecule has 0 radical (unpaired) electrons. The van der Waals surface area contributed by atoms with E-state index >= 15 is 0 Å². The van der Waals surface area contributed by atoms with E-state index in [0.717, 1.165) is 10.6 Å². The number of halogens is 1. The maximum Gasteiger partial charge on any atom is 0.243 e. The number of para-hydroxylation sites is 1. The molecule has 1 unspecified atom stereocenters. The molecule has 1 saturated heterocycles. The van der Waals surface area contributed by atoms with Crippen molar-refractivity contribution in [1.82, 2.24) is 4.31 Å². The van der Waals surface area contributed by atoms with Gasteiger partial charge in [0.05, 0.1) is 16.5 Å². The van der Waals surface area contributed by atoms with Gasteiger partial charge in [0.1, 0.15) is 0 Å². The fraction of sp³-hybridized carbons (Fsp3) is 0.316. The number of hydrogen-bond acceptors (Lipinski definition) is 4. The lowest BCUT2D eigenvalue weighted by Crippen LogP contribution is -2.43. The van der Waals surface area contributed by atoms with Gasteiger partial charge in [-0.15, -0.1) is 11.8 Å². The third-order valence-corrected chi connectivity index (χ3v) is 7.50. The summed E-state index contributed by atoms with van der Waals surface area (Å²) in [7, 11) is -3.64. The topological polar surface area (TPSA) is 66.5 Å². The summed E-state index contributed by atoms with van der Waals surface area (Å²) in [5.74, 6) is -0.525. The molecule has 0 aromatic heterocycles. The lowest BCUT2D eigenvalue weighted by molar-refractivity contribution is -0.120. The van der Waals surface area contributed by atoms with E-state index < -0.39 is 10.0 Å². The molecule has 1 aliphatic rings. The second kappa shape index (κ2) is 8.65. The number of carbonyl (C=O) groups is 1. The van der Waals surface area contributed by atoms with Crippen LogP contribution in [0.2, 0.25) is 5.02 Å². The van der Waals surface area contributed by atoms with Crippen molar-refractivity contribution in [2.24, 2.45) is 5.92 Å². The number of anilines is 1. The number of piperidine rings is 1. The Labute approximate surface area is 169 Å². The molecule has 2 aromatic carbocycles. The fourth-order valence-electron chi connectivity index (χ4n) is 3.11. The summed E-state index contributed by atoms with van der Waals surface area (Å²) in [6, 6.07) is 13.7. The molecule has 5 nitrogen and oxygen atoms in total. The molecule has 1 N–H and O–H groups in total. The summed E-state index contributed by atoms with van der Waals surface area (Å²) in [6.07, 6.45) is 3.26. The Morgan fingerprint density at radius 1 is 1.19 bits per heavy atom. The smallest absolute Gasteiger partial charge is 0.243 e. The van der Waals surface area contributed by atoms with Crippen molar-refractivity contribution in [2.45, 2.75) is 22.6 Å². The van der Waals surface area contributed by atoms with Gasteiger partial charge in [-0.1, -0.05) is 23.7 Å². The molecule has 27 heavy (non-hydrogen) atoms. The van der Waals surface area contributed by atoms with Crippen LogP contribution in [0.15, 0.2) is 58.3 Å². The Hall–Kier alpha value is -1.54. The van der Waals surface area contributed by atoms with Gasteiger partial charge in [0.15, 0.2) is 0 Å². The van der Waals surface area contributed by atoms with Crippen LogP contribution in [0.3, 0.4) is 0 Å². The van der Waals surface area contributed by atoms with Crippen LogP contribution in [0, 0.1) is 5.92 Å². The van der Waals surface area contributed by atoms with Gasteiger partial charge in [-0.05, 0) is 55.5 Å². The summed E-state index contributed by atoms with van der Waals surface area (Å²) in [5, 5.41) is 3.44. The van der Waals surface area contributed by atoms with Crippen LogP contribution in [0.1, 0.15) is 12.8 Å². The Kier molecular flexibility index (Phi) is 6.47. The molecule has 1 heterocycles. The maximum absolute atomic E-state index is 12.9. The highest BCUT2D eigenvalue weighted by molar-refractivity contribution is 7.98. The van der Waals surface area contributed by atoms with Crippen molar-refractivity contribution in [3.8, 4) is 0 Å². The van der Waals surface area contributed by atoms with E-state index in [1.165, 1.54) is 16.4 Å². The minimum absolute atomic E-state index is 0.146. The molecule has 3 rings (SSSR count). The average Bonchev–Trinajstić information content (AvgIpc) is 2.69. The maximum atomic E-state index is 12.9. The largest absolute Gasteiger partial charge is 0.325 e. The average molecular weight is 425 g/mol. The zero-order valence-electron chi connectivity index (χ0n) is 14.9. The number of benzene rings is 2. The summed E-state index contributed by atoms with van der Waals surface area (Å²) < 4.78 is 27.1. The van der Waals surface area contributed by atoms with Crippen LogP contribution in [-0.2, 0) is 14.8 Å². The molecule has 144 valence electrons. The summed E-state index contributed by atoms with van der Waals surface area (Å²) >= 11 is 7.41. The molecule has 1 aliphatic heterocycles. The van der Waals surface area contributed by atoms with Gasteiger partial charge in [0, 0.05) is 23.0 Å². The Balaban J connectivity index is 1.73. The van der Waals surface area contributed by atoms with E-state index in [1.807, 2.05) is 30.5 Å². The second-order valence-electron chi connectivity index (χ2n) is 6.35. The van der Waals surface area contributed by atoms with Crippen LogP contribution in [0.25, 0.3) is 0 Å². The minimum atomic E-state index is -3.64. The Bertz CT molecular complexity index is 917. The van der Waals surface area contributed by atoms with Gasteiger partial charge in [0.2, 0.25) is 15.9 Å². The summed E-state index contributed by atoms with van der Waals surface area (Å²) in [4.78, 5) is 13.9. The highest BCUT2D eigenvalue weighted by Gasteiger charge is 2.33. The zero-order chi connectivity index (χ0) is 19.4. The van der Waals surface area contributed by atoms with Crippen LogP contribution < -0.4 is 5.32 Å². The molecular weight excluding hydrogens is 404 g/mol. The standard InChI is InChI=1S/C19H21ClN2O3S2/c1-26-18-7-3-2-6-17(18)21-19(23)14-5-4-12-22(13-14)27(24,25)16-10-8-15(20)9-11-16/h2-3,6-11,14H,4-5,12-13H2,1H3,(H,21,23). The molecule has 0 saturated carbocycles. The van der Waals surface area contributed by atoms with E-state index in [0.29, 0.717) is 24.4 Å². The number of sulfonamides is 1. The molecule has 1 fully saturated rings. The van der Waals surface area contributed by atoms with E-state index in [9.17, 15) is 13.2 Å². The van der Waals surface area contributed by atoms with Crippen molar-refractivity contribution in [2.75, 3.05) is 24.7 Å². The van der Waals surface area contributed by atoms with Crippen LogP contribution in [0.4, 0.5) is 5.69 Å². The molecule has 0 spiro atoms. The monoisotopic (exact) mass is 424 g/mol. The third-order valence-electron chi connectivity index (χ3n) is 4.57. The van der Waals surface area contributed by atoms with Crippen molar-refractivity contribution >= 4 is 45.0 Å². The second-order valence-corrected chi connectivity index (χ2v) is 9.57. The van der Waals surface area contributed by atoms with Gasteiger partial charge in [-0.2, -0.15) is 4.31 Å². The number of rotatable bonds is 5. The van der Waals surface area contributed by atoms with E-state index in [1.54, 1.807) is 23.9 Å². The SMILES string of the molecule is CSc1ccccc1NC(=O)C1CCCN(S(=O)(=O)c2ccc(Cl)cc2)C1. The molecule has 0 aliphatic carbocycles. The van der Waals surface area contributed by atoms with E-state index in [2.05, 4.69) is 5.32 Å². The lowest BCUT2D eigenvalue weighted by Gasteiger charge is -2.31. The number of carbonyl (C=O) groups excluding carboxylic acids is 1. The van der Waals surface area contributed by atoms with Gasteiger partial charge < -0.3 is 5.32 Å². The van der Waals surface area contributed by atoms with Gasteiger partial charge in [-0.3, -0.25) is 4.79 Å². The van der Waals surface area contributed by atoms with Crippen molar-refractivity contribution in [1.29, 1.82) is 0 Å². The van der Waals surface area contributed by atoms with Gasteiger partial charge >= 0.3 is 0 Å². The van der Waals surface area contributed by atoms with Crippen LogP contribution in [0.5, 0.6) is 0 Å². The number of amides is 1. The molecule has 2 aromatic rings. The first kappa shape index (κ1) is 20.2. The van der Waals surface area contributed by atoms with E-state index in [4.69, 9.17) is 11.6 Å². The van der Waals surface area contributed by atoms with Crippen molar-refractivity contribution < 1.29 is 13.2 Å². The van der Waals surface area contributed by atoms with Crippen LogP contribution in [-0.4, -0.2) is 38.0 Å². The third kappa shape index (κ3) is 4.66. The van der Waals surface area contributed by atoms with Gasteiger partial charge in [0.25, 0.3) is 0 Å². The van der Waals surface area contributed by atoms with Crippen LogP contribution >= 0.6 is 23.4 Å². The predicted molar refractivity (Wildman–Crippen MR) is 110 cm³/mol. The van der Waals surface area contributed by atoms with Crippen molar-refractivity contribution in [3.05, 3.63) is 53.6 Å². The highest BCUT2D eigenvalue weighted by Crippen LogP contribution is 2.28. The molecule has 0 bridgehead atoms. The summed E-state index contributed by atoms with van der Waals surface area (Å²) in [5.41, 5.74) is 0.757. The first-order valence-corrected chi connectivity index (χ1v) is 11.7. The number of nitrogens with one attached hydrogen (secondary N) is 1. The fourth-order valence-corrected chi connectivity index (χ4v) is 5.32. The minimum Gasteiger partial charge on any atom is -0.325 e. The number of thioether (sulfide) groups is 1. The number of nitrogens with zero attached hydrogens (tertiary/aromatic N) is 1. The molecular formula is C19H21ClN2O3S2. The predicted octanol–water partition coefficient (Wildman–Crippen LogP) is 4.10. The Morgan fingerprint density at radius 3 is 2.59 bits per heavy atom. The molecule has 1 amide bonds. The molecule has 1 atom stereocenters. The lowest BCUT2D eigenvalue weighted by atomic mass is 9.99. The summed E-state index contributed by atoms with van der Waals surface area (Å²) in [6.45, 7) is 0.592. The normalized spacial score (nSPS) is 18.2. The molecule has 8 heteroatoms. The highest BCUT2D eigenvalue weighted by atomic mass is 35.5.